The first kappa shape index (κ1) is 10.7. The molecule has 16 heavy (non-hydrogen) atoms. The first-order valence-corrected chi connectivity index (χ1v) is 5.26. The second-order valence-corrected chi connectivity index (χ2v) is 4.06. The molecule has 5 heteroatoms. The Labute approximate surface area is 93.2 Å². The zero-order valence-corrected chi connectivity index (χ0v) is 9.06. The lowest BCUT2D eigenvalue weighted by atomic mass is 10.0. The number of rotatable bonds is 2. The number of carbonyl (C=O) groups excluding carboxylic acids is 1. The maximum atomic E-state index is 11.7. The highest BCUT2D eigenvalue weighted by Gasteiger charge is 2.24. The van der Waals surface area contributed by atoms with E-state index in [-0.39, 0.29) is 18.4 Å². The van der Waals surface area contributed by atoms with Crippen LogP contribution in [-0.2, 0) is 11.2 Å². The van der Waals surface area contributed by atoms with E-state index in [2.05, 4.69) is 15.5 Å². The third kappa shape index (κ3) is 2.08. The molecule has 5 nitrogen and oxygen atoms in total. The second kappa shape index (κ2) is 4.38. The molecule has 1 aromatic rings. The summed E-state index contributed by atoms with van der Waals surface area (Å²) in [4.78, 5) is 26.1. The van der Waals surface area contributed by atoms with Crippen molar-refractivity contribution in [1.29, 1.82) is 0 Å². The fourth-order valence-corrected chi connectivity index (χ4v) is 1.88. The summed E-state index contributed by atoms with van der Waals surface area (Å²) in [5.41, 5.74) is 2.10. The summed E-state index contributed by atoms with van der Waals surface area (Å²) in [7, 11) is 0. The van der Waals surface area contributed by atoms with Crippen molar-refractivity contribution in [2.45, 2.75) is 19.8 Å². The van der Waals surface area contributed by atoms with Gasteiger partial charge in [-0.1, -0.05) is 11.2 Å². The van der Waals surface area contributed by atoms with Gasteiger partial charge in [-0.05, 0) is 30.9 Å². The highest BCUT2D eigenvalue weighted by molar-refractivity contribution is 5.93. The molecule has 2 rings (SSSR count). The Bertz CT molecular complexity index is 431. The average molecular weight is 219 g/mol. The third-order valence-electron chi connectivity index (χ3n) is 2.77. The molecule has 0 radical (unpaired) electrons. The Morgan fingerprint density at radius 1 is 1.62 bits per heavy atom. The van der Waals surface area contributed by atoms with Gasteiger partial charge in [0.15, 0.2) is 0 Å². The smallest absolute Gasteiger partial charge is 0.230 e. The monoisotopic (exact) mass is 219 g/mol. The highest BCUT2D eigenvalue weighted by atomic mass is 16.3. The van der Waals surface area contributed by atoms with Gasteiger partial charge in [0.25, 0.3) is 0 Å². The van der Waals surface area contributed by atoms with E-state index in [1.54, 1.807) is 6.20 Å². The molecule has 0 saturated carbocycles. The Hall–Kier alpha value is -1.78. The number of nitroso groups, excluding NO2 is 1. The van der Waals surface area contributed by atoms with E-state index in [0.717, 1.165) is 17.5 Å². The van der Waals surface area contributed by atoms with E-state index in [1.807, 2.05) is 13.0 Å². The summed E-state index contributed by atoms with van der Waals surface area (Å²) in [5.74, 6) is 0.130. The quantitative estimate of drug-likeness (QED) is 0.769. The van der Waals surface area contributed by atoms with Crippen molar-refractivity contribution in [3.05, 3.63) is 28.3 Å². The topological polar surface area (TPSA) is 71.4 Å². The molecular weight excluding hydrogens is 206 g/mol. The zero-order chi connectivity index (χ0) is 11.5. The predicted molar refractivity (Wildman–Crippen MR) is 60.1 cm³/mol. The standard InChI is InChI=1S/C11H13N3O2/c1-7-4-8-2-3-9(6-13-16)11(15)14-10(8)12-5-7/h4-5,9H,2-3,6H2,1H3,(H,12,14,15). The number of hydrogen-bond acceptors (Lipinski definition) is 4. The zero-order valence-electron chi connectivity index (χ0n) is 9.06. The van der Waals surface area contributed by atoms with E-state index >= 15 is 0 Å². The van der Waals surface area contributed by atoms with Crippen LogP contribution in [0.25, 0.3) is 0 Å². The van der Waals surface area contributed by atoms with Crippen LogP contribution in [0.15, 0.2) is 17.4 Å². The molecular formula is C11H13N3O2. The molecule has 1 aliphatic heterocycles. The SMILES string of the molecule is Cc1cnc2c(c1)CCC(CN=O)C(=O)N2. The van der Waals surface area contributed by atoms with Crippen LogP contribution in [-0.4, -0.2) is 17.4 Å². The minimum absolute atomic E-state index is 0.0405. The van der Waals surface area contributed by atoms with Crippen molar-refractivity contribution in [3.8, 4) is 0 Å². The van der Waals surface area contributed by atoms with Gasteiger partial charge in [-0.25, -0.2) is 4.98 Å². The first-order valence-electron chi connectivity index (χ1n) is 5.26. The lowest BCUT2D eigenvalue weighted by molar-refractivity contribution is -0.119. The van der Waals surface area contributed by atoms with Crippen molar-refractivity contribution in [1.82, 2.24) is 4.98 Å². The fraction of sp³-hybridized carbons (Fsp3) is 0.455. The minimum atomic E-state index is -0.327. The number of hydrogen-bond donors (Lipinski definition) is 1. The summed E-state index contributed by atoms with van der Waals surface area (Å²) >= 11 is 0. The molecule has 0 fully saturated rings. The van der Waals surface area contributed by atoms with E-state index in [1.165, 1.54) is 0 Å². The van der Waals surface area contributed by atoms with Crippen LogP contribution in [0.2, 0.25) is 0 Å². The third-order valence-corrected chi connectivity index (χ3v) is 2.77. The van der Waals surface area contributed by atoms with Gasteiger partial charge >= 0.3 is 0 Å². The molecule has 1 aliphatic rings. The molecule has 1 atom stereocenters. The maximum Gasteiger partial charge on any atom is 0.230 e. The minimum Gasteiger partial charge on any atom is -0.310 e. The van der Waals surface area contributed by atoms with E-state index in [9.17, 15) is 9.70 Å². The number of carbonyl (C=O) groups is 1. The number of anilines is 1. The van der Waals surface area contributed by atoms with Gasteiger partial charge in [0, 0.05) is 6.20 Å². The number of fused-ring (bicyclic) bond motifs is 1. The van der Waals surface area contributed by atoms with E-state index in [0.29, 0.717) is 12.2 Å². The number of aryl methyl sites for hydroxylation is 2. The number of nitrogens with zero attached hydrogens (tertiary/aromatic N) is 2. The van der Waals surface area contributed by atoms with Gasteiger partial charge in [-0.15, -0.1) is 0 Å². The van der Waals surface area contributed by atoms with Crippen molar-refractivity contribution in [2.24, 2.45) is 11.1 Å². The Kier molecular flexibility index (Phi) is 2.94. The van der Waals surface area contributed by atoms with Gasteiger partial charge in [0.1, 0.15) is 5.82 Å². The van der Waals surface area contributed by atoms with Gasteiger partial charge in [0.2, 0.25) is 5.91 Å². The summed E-state index contributed by atoms with van der Waals surface area (Å²) < 4.78 is 0. The van der Waals surface area contributed by atoms with Crippen LogP contribution in [0.1, 0.15) is 17.5 Å². The molecule has 84 valence electrons. The Balaban J connectivity index is 2.25. The van der Waals surface area contributed by atoms with E-state index < -0.39 is 0 Å². The summed E-state index contributed by atoms with van der Waals surface area (Å²) in [6, 6.07) is 2.01. The number of aromatic nitrogens is 1. The normalized spacial score (nSPS) is 19.6. The predicted octanol–water partition coefficient (Wildman–Crippen LogP) is 1.66. The largest absolute Gasteiger partial charge is 0.310 e. The van der Waals surface area contributed by atoms with Gasteiger partial charge in [-0.3, -0.25) is 4.79 Å². The van der Waals surface area contributed by atoms with Crippen LogP contribution >= 0.6 is 0 Å². The van der Waals surface area contributed by atoms with Crippen molar-refractivity contribution in [2.75, 3.05) is 11.9 Å². The van der Waals surface area contributed by atoms with Crippen LogP contribution in [0.5, 0.6) is 0 Å². The van der Waals surface area contributed by atoms with Crippen LogP contribution in [0.3, 0.4) is 0 Å². The molecule has 1 aromatic heterocycles. The number of amides is 1. The lowest BCUT2D eigenvalue weighted by Crippen LogP contribution is -2.23. The number of pyridine rings is 1. The maximum absolute atomic E-state index is 11.7. The van der Waals surface area contributed by atoms with Gasteiger partial charge in [-0.2, -0.15) is 4.91 Å². The number of nitrogens with one attached hydrogen (secondary N) is 1. The van der Waals surface area contributed by atoms with Crippen LogP contribution < -0.4 is 5.32 Å². The van der Waals surface area contributed by atoms with Crippen LogP contribution in [0, 0.1) is 17.7 Å². The molecule has 0 aromatic carbocycles. The second-order valence-electron chi connectivity index (χ2n) is 4.06. The highest BCUT2D eigenvalue weighted by Crippen LogP contribution is 2.23. The molecule has 1 amide bonds. The molecule has 0 saturated heterocycles. The Morgan fingerprint density at radius 3 is 3.19 bits per heavy atom. The molecule has 0 bridgehead atoms. The molecule has 0 spiro atoms. The molecule has 1 N–H and O–H groups in total. The first-order chi connectivity index (χ1) is 7.70. The molecule has 1 unspecified atom stereocenters. The summed E-state index contributed by atoms with van der Waals surface area (Å²) in [6.07, 6.45) is 3.12. The van der Waals surface area contributed by atoms with E-state index in [4.69, 9.17) is 0 Å². The lowest BCUT2D eigenvalue weighted by Gasteiger charge is -2.07. The molecule has 0 aliphatic carbocycles. The van der Waals surface area contributed by atoms with Gasteiger partial charge < -0.3 is 5.32 Å². The van der Waals surface area contributed by atoms with Gasteiger partial charge in [0.05, 0.1) is 12.5 Å². The van der Waals surface area contributed by atoms with Crippen LogP contribution in [0.4, 0.5) is 5.82 Å². The van der Waals surface area contributed by atoms with Crippen molar-refractivity contribution < 1.29 is 4.79 Å². The average Bonchev–Trinajstić information content (AvgIpc) is 2.40. The molecule has 2 heterocycles. The fourth-order valence-electron chi connectivity index (χ4n) is 1.88. The Morgan fingerprint density at radius 2 is 2.44 bits per heavy atom. The summed E-state index contributed by atoms with van der Waals surface area (Å²) in [6.45, 7) is 2.00. The van der Waals surface area contributed by atoms with Crippen molar-refractivity contribution in [3.63, 3.8) is 0 Å². The van der Waals surface area contributed by atoms with Crippen molar-refractivity contribution >= 4 is 11.7 Å². The summed E-state index contributed by atoms with van der Waals surface area (Å²) in [5, 5.41) is 5.54.